The van der Waals surface area contributed by atoms with E-state index in [-0.39, 0.29) is 11.4 Å². The second-order valence-corrected chi connectivity index (χ2v) is 4.39. The van der Waals surface area contributed by atoms with Crippen molar-refractivity contribution in [1.82, 2.24) is 0 Å². The molecule has 0 spiro atoms. The number of nitrogens with zero attached hydrogens (tertiary/aromatic N) is 1. The predicted octanol–water partition coefficient (Wildman–Crippen LogP) is 0.915. The largest absolute Gasteiger partial charge is 0.484 e. The molecule has 6 nitrogen and oxygen atoms in total. The first-order valence-electron chi connectivity index (χ1n) is 6.96. The van der Waals surface area contributed by atoms with E-state index in [4.69, 9.17) is 9.47 Å². The summed E-state index contributed by atoms with van der Waals surface area (Å²) in [6.07, 6.45) is 0. The van der Waals surface area contributed by atoms with Gasteiger partial charge < -0.3 is 14.4 Å². The molecule has 0 fully saturated rings. The third kappa shape index (κ3) is 5.54. The fourth-order valence-corrected chi connectivity index (χ4v) is 1.86. The van der Waals surface area contributed by atoms with Gasteiger partial charge in [0, 0.05) is 6.07 Å². The zero-order valence-electron chi connectivity index (χ0n) is 12.1. The summed E-state index contributed by atoms with van der Waals surface area (Å²) in [7, 11) is 0. The number of hydrogen-bond donors (Lipinski definition) is 1. The van der Waals surface area contributed by atoms with Crippen LogP contribution in [0.15, 0.2) is 24.3 Å². The monoisotopic (exact) mass is 283 g/mol. The van der Waals surface area contributed by atoms with Crippen LogP contribution >= 0.6 is 0 Å². The summed E-state index contributed by atoms with van der Waals surface area (Å²) < 4.78 is 10.9. The number of rotatable bonds is 10. The standard InChI is InChI=1S/C14H22N2O4/c1-3-15(4-2)9-10-19-11-12-20-14-8-6-5-7-13(14)16(17)18/h5-8H,3-4,9-12H2,1-2H3/p+1. The average molecular weight is 283 g/mol. The van der Waals surface area contributed by atoms with Gasteiger partial charge >= 0.3 is 5.69 Å². The van der Waals surface area contributed by atoms with E-state index in [0.717, 1.165) is 19.6 Å². The van der Waals surface area contributed by atoms with Gasteiger partial charge in [-0.25, -0.2) is 0 Å². The van der Waals surface area contributed by atoms with Crippen LogP contribution in [0.5, 0.6) is 5.75 Å². The molecular formula is C14H23N2O4+. The molecule has 20 heavy (non-hydrogen) atoms. The Morgan fingerprint density at radius 3 is 2.50 bits per heavy atom. The van der Waals surface area contributed by atoms with Gasteiger partial charge in [-0.1, -0.05) is 12.1 Å². The van der Waals surface area contributed by atoms with Gasteiger partial charge in [0.2, 0.25) is 0 Å². The van der Waals surface area contributed by atoms with E-state index in [1.807, 2.05) is 0 Å². The Hall–Kier alpha value is -1.66. The molecule has 1 rings (SSSR count). The lowest BCUT2D eigenvalue weighted by atomic mass is 10.3. The number of nitro groups is 1. The Kier molecular flexibility index (Phi) is 7.60. The molecule has 0 unspecified atom stereocenters. The molecule has 0 saturated heterocycles. The molecule has 0 atom stereocenters. The van der Waals surface area contributed by atoms with Crippen LogP contribution < -0.4 is 9.64 Å². The molecule has 0 saturated carbocycles. The third-order valence-electron chi connectivity index (χ3n) is 3.15. The number of benzene rings is 1. The maximum atomic E-state index is 10.8. The van der Waals surface area contributed by atoms with Crippen LogP contribution in [0.3, 0.4) is 0 Å². The Labute approximate surface area is 119 Å². The van der Waals surface area contributed by atoms with E-state index in [2.05, 4.69) is 13.8 Å². The van der Waals surface area contributed by atoms with Crippen molar-refractivity contribution in [3.63, 3.8) is 0 Å². The van der Waals surface area contributed by atoms with Gasteiger partial charge in [-0.05, 0) is 19.9 Å². The first-order valence-corrected chi connectivity index (χ1v) is 6.96. The highest BCUT2D eigenvalue weighted by Crippen LogP contribution is 2.25. The number of hydrogen-bond acceptors (Lipinski definition) is 4. The van der Waals surface area contributed by atoms with Gasteiger partial charge in [0.1, 0.15) is 13.2 Å². The smallest absolute Gasteiger partial charge is 0.310 e. The van der Waals surface area contributed by atoms with Crippen molar-refractivity contribution in [2.24, 2.45) is 0 Å². The molecule has 0 bridgehead atoms. The maximum absolute atomic E-state index is 10.8. The summed E-state index contributed by atoms with van der Waals surface area (Å²) in [6.45, 7) is 8.88. The highest BCUT2D eigenvalue weighted by atomic mass is 16.6. The second kappa shape index (κ2) is 9.28. The quantitative estimate of drug-likeness (QED) is 0.394. The first kappa shape index (κ1) is 16.4. The van der Waals surface area contributed by atoms with Crippen molar-refractivity contribution < 1.29 is 19.3 Å². The van der Waals surface area contributed by atoms with Crippen molar-refractivity contribution in [3.8, 4) is 5.75 Å². The van der Waals surface area contributed by atoms with E-state index in [1.165, 1.54) is 11.0 Å². The van der Waals surface area contributed by atoms with Gasteiger partial charge in [-0.3, -0.25) is 10.1 Å². The number of quaternary nitrogens is 1. The lowest BCUT2D eigenvalue weighted by Crippen LogP contribution is -3.11. The van der Waals surface area contributed by atoms with Crippen LogP contribution in [0.4, 0.5) is 5.69 Å². The Morgan fingerprint density at radius 2 is 1.85 bits per heavy atom. The lowest BCUT2D eigenvalue weighted by Gasteiger charge is -2.15. The molecule has 0 aliphatic heterocycles. The first-order chi connectivity index (χ1) is 9.69. The summed E-state index contributed by atoms with van der Waals surface area (Å²) in [6, 6.07) is 6.36. The van der Waals surface area contributed by atoms with Crippen LogP contribution in [0, 0.1) is 10.1 Å². The van der Waals surface area contributed by atoms with Gasteiger partial charge in [-0.2, -0.15) is 0 Å². The molecule has 0 amide bonds. The molecule has 0 radical (unpaired) electrons. The third-order valence-corrected chi connectivity index (χ3v) is 3.15. The minimum atomic E-state index is -0.445. The summed E-state index contributed by atoms with van der Waals surface area (Å²) in [5.74, 6) is 0.287. The SMILES string of the molecule is CC[NH+](CC)CCOCCOc1ccccc1[N+](=O)[O-]. The molecule has 1 aromatic carbocycles. The maximum Gasteiger partial charge on any atom is 0.310 e. The minimum absolute atomic E-state index is 0.0138. The van der Waals surface area contributed by atoms with Gasteiger partial charge in [0.15, 0.2) is 5.75 Å². The second-order valence-electron chi connectivity index (χ2n) is 4.39. The van der Waals surface area contributed by atoms with Gasteiger partial charge in [0.05, 0.1) is 31.2 Å². The number of nitro benzene ring substituents is 1. The van der Waals surface area contributed by atoms with E-state index in [1.54, 1.807) is 18.2 Å². The molecule has 112 valence electrons. The fourth-order valence-electron chi connectivity index (χ4n) is 1.86. The van der Waals surface area contributed by atoms with Crippen molar-refractivity contribution in [2.75, 3.05) is 39.5 Å². The normalized spacial score (nSPS) is 10.8. The van der Waals surface area contributed by atoms with Crippen molar-refractivity contribution >= 4 is 5.69 Å². The zero-order valence-corrected chi connectivity index (χ0v) is 12.1. The topological polar surface area (TPSA) is 66.0 Å². The average Bonchev–Trinajstić information content (AvgIpc) is 2.47. The van der Waals surface area contributed by atoms with Gasteiger partial charge in [-0.15, -0.1) is 0 Å². The Morgan fingerprint density at radius 1 is 1.15 bits per heavy atom. The van der Waals surface area contributed by atoms with E-state index < -0.39 is 4.92 Å². The van der Waals surface area contributed by atoms with Crippen LogP contribution in [-0.2, 0) is 4.74 Å². The van der Waals surface area contributed by atoms with Gasteiger partial charge in [0.25, 0.3) is 0 Å². The molecule has 6 heteroatoms. The van der Waals surface area contributed by atoms with E-state index >= 15 is 0 Å². The van der Waals surface area contributed by atoms with E-state index in [9.17, 15) is 10.1 Å². The fraction of sp³-hybridized carbons (Fsp3) is 0.571. The van der Waals surface area contributed by atoms with Crippen molar-refractivity contribution in [3.05, 3.63) is 34.4 Å². The number of likely N-dealkylation sites (N-methyl/N-ethyl adjacent to an activating group) is 1. The molecule has 1 N–H and O–H groups in total. The summed E-state index contributed by atoms with van der Waals surface area (Å²) in [4.78, 5) is 11.8. The molecular weight excluding hydrogens is 260 g/mol. The minimum Gasteiger partial charge on any atom is -0.484 e. The van der Waals surface area contributed by atoms with Crippen molar-refractivity contribution in [1.29, 1.82) is 0 Å². The number of ether oxygens (including phenoxy) is 2. The van der Waals surface area contributed by atoms with Crippen LogP contribution in [-0.4, -0.2) is 44.4 Å². The zero-order chi connectivity index (χ0) is 14.8. The highest BCUT2D eigenvalue weighted by molar-refractivity contribution is 5.45. The molecule has 0 aliphatic rings. The van der Waals surface area contributed by atoms with Crippen LogP contribution in [0.1, 0.15) is 13.8 Å². The van der Waals surface area contributed by atoms with E-state index in [0.29, 0.717) is 19.8 Å². The number of para-hydroxylation sites is 2. The molecule has 1 aromatic rings. The summed E-state index contributed by atoms with van der Waals surface area (Å²) in [5, 5.41) is 10.8. The molecule has 0 aliphatic carbocycles. The summed E-state index contributed by atoms with van der Waals surface area (Å²) >= 11 is 0. The predicted molar refractivity (Wildman–Crippen MR) is 76.3 cm³/mol. The Bertz CT molecular complexity index is 408. The molecule has 0 heterocycles. The number of nitrogens with one attached hydrogen (secondary N) is 1. The molecule has 0 aromatic heterocycles. The van der Waals surface area contributed by atoms with Crippen molar-refractivity contribution in [2.45, 2.75) is 13.8 Å². The summed E-state index contributed by atoms with van der Waals surface area (Å²) in [5.41, 5.74) is -0.0138. The highest BCUT2D eigenvalue weighted by Gasteiger charge is 2.13. The Balaban J connectivity index is 2.23. The van der Waals surface area contributed by atoms with Crippen LogP contribution in [0.2, 0.25) is 0 Å². The lowest BCUT2D eigenvalue weighted by molar-refractivity contribution is -0.896. The van der Waals surface area contributed by atoms with Crippen LogP contribution in [0.25, 0.3) is 0 Å².